The van der Waals surface area contributed by atoms with Crippen LogP contribution >= 0.6 is 15.9 Å². The summed E-state index contributed by atoms with van der Waals surface area (Å²) in [4.78, 5) is 0. The number of nitrogens with zero attached hydrogens (tertiary/aromatic N) is 1. The number of rotatable bonds is 3. The topological polar surface area (TPSA) is 14.2 Å². The molecule has 0 spiro atoms. The SMILES string of the molecule is CCn1c(COC)cc2cccc(Br)c21. The van der Waals surface area contributed by atoms with Gasteiger partial charge < -0.3 is 9.30 Å². The van der Waals surface area contributed by atoms with Gasteiger partial charge in [-0.25, -0.2) is 0 Å². The molecule has 0 bridgehead atoms. The molecule has 80 valence electrons. The fraction of sp³-hybridized carbons (Fsp3) is 0.333. The molecule has 0 amide bonds. The number of benzene rings is 1. The van der Waals surface area contributed by atoms with Crippen LogP contribution in [-0.2, 0) is 17.9 Å². The van der Waals surface area contributed by atoms with Crippen LogP contribution in [0.2, 0.25) is 0 Å². The van der Waals surface area contributed by atoms with Crippen molar-refractivity contribution >= 4 is 26.8 Å². The number of fused-ring (bicyclic) bond motifs is 1. The molecule has 0 aliphatic rings. The van der Waals surface area contributed by atoms with Crippen LogP contribution in [0.3, 0.4) is 0 Å². The molecule has 0 radical (unpaired) electrons. The van der Waals surface area contributed by atoms with E-state index in [1.54, 1.807) is 7.11 Å². The molecule has 0 aliphatic carbocycles. The quantitative estimate of drug-likeness (QED) is 0.830. The van der Waals surface area contributed by atoms with Crippen LogP contribution in [0.25, 0.3) is 10.9 Å². The highest BCUT2D eigenvalue weighted by atomic mass is 79.9. The van der Waals surface area contributed by atoms with Gasteiger partial charge in [0.25, 0.3) is 0 Å². The van der Waals surface area contributed by atoms with Crippen molar-refractivity contribution in [2.75, 3.05) is 7.11 Å². The average molecular weight is 268 g/mol. The van der Waals surface area contributed by atoms with Crippen LogP contribution in [0.5, 0.6) is 0 Å². The Morgan fingerprint density at radius 3 is 2.87 bits per heavy atom. The van der Waals surface area contributed by atoms with Gasteiger partial charge in [-0.2, -0.15) is 0 Å². The first kappa shape index (κ1) is 10.7. The monoisotopic (exact) mass is 267 g/mol. The largest absolute Gasteiger partial charge is 0.378 e. The summed E-state index contributed by atoms with van der Waals surface area (Å²) in [6.07, 6.45) is 0. The highest BCUT2D eigenvalue weighted by molar-refractivity contribution is 9.10. The fourth-order valence-corrected chi connectivity index (χ4v) is 2.56. The second-order valence-corrected chi connectivity index (χ2v) is 4.34. The molecule has 0 fully saturated rings. The third-order valence-electron chi connectivity index (χ3n) is 2.57. The maximum Gasteiger partial charge on any atom is 0.0864 e. The van der Waals surface area contributed by atoms with Gasteiger partial charge in [0.05, 0.1) is 12.1 Å². The number of aryl methyl sites for hydroxylation is 1. The Morgan fingerprint density at radius 1 is 1.40 bits per heavy atom. The maximum absolute atomic E-state index is 5.20. The molecule has 0 saturated carbocycles. The van der Waals surface area contributed by atoms with E-state index in [0.717, 1.165) is 11.0 Å². The van der Waals surface area contributed by atoms with E-state index in [0.29, 0.717) is 6.61 Å². The van der Waals surface area contributed by atoms with Crippen molar-refractivity contribution in [2.24, 2.45) is 0 Å². The second kappa shape index (κ2) is 4.37. The Balaban J connectivity index is 2.68. The molecular formula is C12H14BrNO. The summed E-state index contributed by atoms with van der Waals surface area (Å²) < 4.78 is 8.63. The van der Waals surface area contributed by atoms with Gasteiger partial charge in [-0.15, -0.1) is 0 Å². The van der Waals surface area contributed by atoms with Crippen LogP contribution in [0.15, 0.2) is 28.7 Å². The van der Waals surface area contributed by atoms with Crippen molar-refractivity contribution in [3.05, 3.63) is 34.4 Å². The Kier molecular flexibility index (Phi) is 3.12. The van der Waals surface area contributed by atoms with Gasteiger partial charge in [0.15, 0.2) is 0 Å². The van der Waals surface area contributed by atoms with Gasteiger partial charge in [-0.05, 0) is 35.0 Å². The molecule has 1 aromatic carbocycles. The summed E-state index contributed by atoms with van der Waals surface area (Å²) >= 11 is 3.59. The van der Waals surface area contributed by atoms with E-state index in [4.69, 9.17) is 4.74 Å². The normalized spacial score (nSPS) is 11.1. The average Bonchev–Trinajstić information content (AvgIpc) is 2.57. The lowest BCUT2D eigenvalue weighted by Crippen LogP contribution is -2.01. The lowest BCUT2D eigenvalue weighted by Gasteiger charge is -2.07. The smallest absolute Gasteiger partial charge is 0.0864 e. The minimum Gasteiger partial charge on any atom is -0.378 e. The van der Waals surface area contributed by atoms with Crippen molar-refractivity contribution in [1.82, 2.24) is 4.57 Å². The van der Waals surface area contributed by atoms with Crippen LogP contribution in [0.4, 0.5) is 0 Å². The highest BCUT2D eigenvalue weighted by Gasteiger charge is 2.09. The van der Waals surface area contributed by atoms with Crippen LogP contribution in [0, 0.1) is 0 Å². The molecule has 0 N–H and O–H groups in total. The summed E-state index contributed by atoms with van der Waals surface area (Å²) in [5.41, 5.74) is 2.48. The Labute approximate surface area is 98.0 Å². The minimum atomic E-state index is 0.662. The molecule has 0 aliphatic heterocycles. The Hall–Kier alpha value is -0.800. The van der Waals surface area contributed by atoms with Crippen molar-refractivity contribution in [2.45, 2.75) is 20.1 Å². The fourth-order valence-electron chi connectivity index (χ4n) is 1.96. The predicted molar refractivity (Wildman–Crippen MR) is 66.0 cm³/mol. The first-order chi connectivity index (χ1) is 7.27. The van der Waals surface area contributed by atoms with E-state index >= 15 is 0 Å². The lowest BCUT2D eigenvalue weighted by molar-refractivity contribution is 0.178. The zero-order chi connectivity index (χ0) is 10.8. The Bertz CT molecular complexity index is 476. The van der Waals surface area contributed by atoms with E-state index in [1.165, 1.54) is 16.6 Å². The van der Waals surface area contributed by atoms with Gasteiger partial charge in [0.2, 0.25) is 0 Å². The van der Waals surface area contributed by atoms with E-state index in [-0.39, 0.29) is 0 Å². The molecule has 0 saturated heterocycles. The zero-order valence-corrected chi connectivity index (χ0v) is 10.5. The minimum absolute atomic E-state index is 0.662. The molecular weight excluding hydrogens is 254 g/mol. The maximum atomic E-state index is 5.20. The molecule has 15 heavy (non-hydrogen) atoms. The number of hydrogen-bond acceptors (Lipinski definition) is 1. The molecule has 2 rings (SSSR count). The summed E-state index contributed by atoms with van der Waals surface area (Å²) in [5.74, 6) is 0. The molecule has 1 aromatic heterocycles. The lowest BCUT2D eigenvalue weighted by atomic mass is 10.2. The summed E-state index contributed by atoms with van der Waals surface area (Å²) in [6.45, 7) is 3.78. The summed E-state index contributed by atoms with van der Waals surface area (Å²) in [7, 11) is 1.73. The number of halogens is 1. The first-order valence-electron chi connectivity index (χ1n) is 5.03. The van der Waals surface area contributed by atoms with Crippen molar-refractivity contribution in [3.63, 3.8) is 0 Å². The van der Waals surface area contributed by atoms with Crippen LogP contribution < -0.4 is 0 Å². The van der Waals surface area contributed by atoms with Gasteiger partial charge in [0, 0.05) is 29.2 Å². The third-order valence-corrected chi connectivity index (χ3v) is 3.21. The Morgan fingerprint density at radius 2 is 2.20 bits per heavy atom. The van der Waals surface area contributed by atoms with Gasteiger partial charge in [-0.3, -0.25) is 0 Å². The standard InChI is InChI=1S/C12H14BrNO/c1-3-14-10(8-15-2)7-9-5-4-6-11(13)12(9)14/h4-7H,3,8H2,1-2H3. The number of ether oxygens (including phenoxy) is 1. The summed E-state index contributed by atoms with van der Waals surface area (Å²) in [5, 5.41) is 1.26. The number of hydrogen-bond donors (Lipinski definition) is 0. The van der Waals surface area contributed by atoms with Gasteiger partial charge in [0.1, 0.15) is 0 Å². The molecule has 2 aromatic rings. The van der Waals surface area contributed by atoms with Crippen molar-refractivity contribution in [1.29, 1.82) is 0 Å². The molecule has 0 unspecified atom stereocenters. The molecule has 2 nitrogen and oxygen atoms in total. The van der Waals surface area contributed by atoms with Crippen LogP contribution in [-0.4, -0.2) is 11.7 Å². The van der Waals surface area contributed by atoms with Crippen molar-refractivity contribution in [3.8, 4) is 0 Å². The highest BCUT2D eigenvalue weighted by Crippen LogP contribution is 2.27. The second-order valence-electron chi connectivity index (χ2n) is 3.49. The van der Waals surface area contributed by atoms with E-state index < -0.39 is 0 Å². The van der Waals surface area contributed by atoms with E-state index in [9.17, 15) is 0 Å². The third kappa shape index (κ3) is 1.82. The predicted octanol–water partition coefficient (Wildman–Crippen LogP) is 3.57. The molecule has 3 heteroatoms. The summed E-state index contributed by atoms with van der Waals surface area (Å²) in [6, 6.07) is 8.45. The van der Waals surface area contributed by atoms with Crippen LogP contribution in [0.1, 0.15) is 12.6 Å². The zero-order valence-electron chi connectivity index (χ0n) is 8.96. The number of methoxy groups -OCH3 is 1. The van der Waals surface area contributed by atoms with Gasteiger partial charge in [-0.1, -0.05) is 12.1 Å². The number of para-hydroxylation sites is 1. The molecule has 0 atom stereocenters. The van der Waals surface area contributed by atoms with E-state index in [1.807, 2.05) is 0 Å². The van der Waals surface area contributed by atoms with Gasteiger partial charge >= 0.3 is 0 Å². The molecule has 1 heterocycles. The first-order valence-corrected chi connectivity index (χ1v) is 5.82. The van der Waals surface area contributed by atoms with E-state index in [2.05, 4.69) is 51.7 Å². The van der Waals surface area contributed by atoms with Crippen molar-refractivity contribution < 1.29 is 4.74 Å². The number of aromatic nitrogens is 1.